The van der Waals surface area contributed by atoms with Crippen LogP contribution in [-0.2, 0) is 9.47 Å². The summed E-state index contributed by atoms with van der Waals surface area (Å²) in [6.07, 6.45) is 3.13. The lowest BCUT2D eigenvalue weighted by molar-refractivity contribution is 0.00191. The summed E-state index contributed by atoms with van der Waals surface area (Å²) < 4.78 is 10.7. The van der Waals surface area contributed by atoms with E-state index in [1.54, 1.807) is 0 Å². The van der Waals surface area contributed by atoms with E-state index in [0.717, 1.165) is 65.0 Å². The Morgan fingerprint density at radius 3 is 1.25 bits per heavy atom. The first-order valence-electron chi connectivity index (χ1n) is 9.78. The molecule has 28 heavy (non-hydrogen) atoms. The summed E-state index contributed by atoms with van der Waals surface area (Å²) in [7, 11) is 0. The molecule has 0 saturated carbocycles. The molecule has 0 aliphatic carbocycles. The van der Waals surface area contributed by atoms with Gasteiger partial charge in [0.1, 0.15) is 12.2 Å². The Balaban J connectivity index is -0.000000441. The van der Waals surface area contributed by atoms with Crippen LogP contribution in [0.4, 0.5) is 4.79 Å². The van der Waals surface area contributed by atoms with Gasteiger partial charge in [-0.25, -0.2) is 4.79 Å². The highest BCUT2D eigenvalue weighted by atomic mass is 35.5. The molecule has 9 heteroatoms. The molecule has 0 aromatic carbocycles. The lowest BCUT2D eigenvalue weighted by atomic mass is 10.2. The average molecular weight is 453 g/mol. The monoisotopic (exact) mass is 452 g/mol. The maximum Gasteiger partial charge on any atom is 0.508 e. The standard InChI is InChI=1S/C19H40N2O3.2ClH.2H2O/c1-7-20(8-2)15-11-13-17(5)23-19(22)24-18(6)14-12-16-21(9-3)10-4;;;;/h17-18H,7-16H2,1-6H3;2*1H;2*1H2. The second-order valence-electron chi connectivity index (χ2n) is 6.45. The van der Waals surface area contributed by atoms with E-state index in [-0.39, 0.29) is 48.0 Å². The first-order valence-corrected chi connectivity index (χ1v) is 9.78. The molecule has 7 nitrogen and oxygen atoms in total. The van der Waals surface area contributed by atoms with Gasteiger partial charge in [0.25, 0.3) is 0 Å². The zero-order chi connectivity index (χ0) is 18.4. The van der Waals surface area contributed by atoms with Crippen LogP contribution in [-0.4, -0.2) is 78.4 Å². The van der Waals surface area contributed by atoms with E-state index in [9.17, 15) is 4.79 Å². The molecule has 2 atom stereocenters. The Labute approximate surface area is 184 Å². The molecular formula is C19H46Cl2N2O5. The van der Waals surface area contributed by atoms with Crippen LogP contribution in [0.1, 0.15) is 67.2 Å². The number of halogens is 2. The number of nitrogens with zero attached hydrogens (tertiary/aromatic N) is 2. The predicted molar refractivity (Wildman–Crippen MR) is 122 cm³/mol. The average Bonchev–Trinajstić information content (AvgIpc) is 2.55. The molecule has 0 fully saturated rings. The molecule has 0 saturated heterocycles. The second-order valence-corrected chi connectivity index (χ2v) is 6.45. The summed E-state index contributed by atoms with van der Waals surface area (Å²) in [5.74, 6) is 0. The fraction of sp³-hybridized carbons (Fsp3) is 0.947. The van der Waals surface area contributed by atoms with Crippen LogP contribution in [0.2, 0.25) is 0 Å². The van der Waals surface area contributed by atoms with Crippen molar-refractivity contribution in [2.45, 2.75) is 79.4 Å². The molecule has 0 rings (SSSR count). The Morgan fingerprint density at radius 2 is 1.00 bits per heavy atom. The number of carbonyl (C=O) groups is 1. The van der Waals surface area contributed by atoms with E-state index >= 15 is 0 Å². The Hall–Kier alpha value is -0.310. The van der Waals surface area contributed by atoms with Crippen LogP contribution in [0.25, 0.3) is 0 Å². The Morgan fingerprint density at radius 1 is 0.714 bits per heavy atom. The summed E-state index contributed by atoms with van der Waals surface area (Å²) in [6, 6.07) is 0. The van der Waals surface area contributed by atoms with Crippen molar-refractivity contribution in [2.75, 3.05) is 39.3 Å². The second kappa shape index (κ2) is 24.7. The van der Waals surface area contributed by atoms with E-state index < -0.39 is 6.16 Å². The Kier molecular flexibility index (Phi) is 33.8. The van der Waals surface area contributed by atoms with Crippen molar-refractivity contribution in [3.05, 3.63) is 0 Å². The summed E-state index contributed by atoms with van der Waals surface area (Å²) in [5, 5.41) is 0. The van der Waals surface area contributed by atoms with E-state index in [0.29, 0.717) is 0 Å². The molecule has 0 spiro atoms. The smallest absolute Gasteiger partial charge is 0.431 e. The lowest BCUT2D eigenvalue weighted by Crippen LogP contribution is -2.26. The molecule has 0 heterocycles. The van der Waals surface area contributed by atoms with E-state index in [2.05, 4.69) is 37.5 Å². The maximum absolute atomic E-state index is 11.8. The molecule has 176 valence electrons. The number of carbonyl (C=O) groups excluding carboxylic acids is 1. The van der Waals surface area contributed by atoms with Crippen molar-refractivity contribution in [3.63, 3.8) is 0 Å². The minimum absolute atomic E-state index is 0. The predicted octanol–water partition coefficient (Wildman–Crippen LogP) is 3.35. The number of hydrogen-bond donors (Lipinski definition) is 0. The van der Waals surface area contributed by atoms with Crippen molar-refractivity contribution in [1.29, 1.82) is 0 Å². The number of rotatable bonds is 14. The van der Waals surface area contributed by atoms with Gasteiger partial charge < -0.3 is 30.2 Å². The van der Waals surface area contributed by atoms with Gasteiger partial charge in [-0.3, -0.25) is 0 Å². The molecule has 0 aromatic heterocycles. The molecule has 0 bridgehead atoms. The zero-order valence-electron chi connectivity index (χ0n) is 18.7. The van der Waals surface area contributed by atoms with Gasteiger partial charge >= 0.3 is 6.16 Å². The largest absolute Gasteiger partial charge is 0.508 e. The summed E-state index contributed by atoms with van der Waals surface area (Å²) in [5.41, 5.74) is 0. The minimum atomic E-state index is -0.527. The SMILES string of the molecule is CCN(CC)CCCC(C)OC(=O)OC(C)CCCN(CC)CC.Cl.Cl.O.O. The molecule has 0 aliphatic rings. The zero-order valence-corrected chi connectivity index (χ0v) is 20.3. The van der Waals surface area contributed by atoms with Crippen LogP contribution in [0.5, 0.6) is 0 Å². The van der Waals surface area contributed by atoms with Crippen molar-refractivity contribution in [1.82, 2.24) is 9.80 Å². The van der Waals surface area contributed by atoms with Gasteiger partial charge in [0.2, 0.25) is 0 Å². The highest BCUT2D eigenvalue weighted by Crippen LogP contribution is 2.08. The van der Waals surface area contributed by atoms with Gasteiger partial charge in [0, 0.05) is 0 Å². The van der Waals surface area contributed by atoms with Crippen LogP contribution >= 0.6 is 24.8 Å². The van der Waals surface area contributed by atoms with Gasteiger partial charge in [0.15, 0.2) is 0 Å². The van der Waals surface area contributed by atoms with Crippen LogP contribution < -0.4 is 0 Å². The van der Waals surface area contributed by atoms with Crippen LogP contribution in [0.15, 0.2) is 0 Å². The van der Waals surface area contributed by atoms with Crippen LogP contribution in [0.3, 0.4) is 0 Å². The fourth-order valence-corrected chi connectivity index (χ4v) is 2.76. The summed E-state index contributed by atoms with van der Waals surface area (Å²) in [6.45, 7) is 18.9. The Bertz CT molecular complexity index is 293. The number of ether oxygens (including phenoxy) is 2. The lowest BCUT2D eigenvalue weighted by Gasteiger charge is -2.21. The summed E-state index contributed by atoms with van der Waals surface area (Å²) >= 11 is 0. The quantitative estimate of drug-likeness (QED) is 0.375. The van der Waals surface area contributed by atoms with Gasteiger partial charge in [-0.2, -0.15) is 0 Å². The van der Waals surface area contributed by atoms with Crippen molar-refractivity contribution < 1.29 is 25.2 Å². The highest BCUT2D eigenvalue weighted by Gasteiger charge is 2.15. The molecule has 4 N–H and O–H groups in total. The molecule has 0 aromatic rings. The van der Waals surface area contributed by atoms with Gasteiger partial charge in [-0.05, 0) is 78.8 Å². The third kappa shape index (κ3) is 20.4. The van der Waals surface area contributed by atoms with E-state index in [1.807, 2.05) is 13.8 Å². The normalized spacial score (nSPS) is 12.0. The first-order chi connectivity index (χ1) is 11.5. The third-order valence-electron chi connectivity index (χ3n) is 4.55. The molecule has 0 radical (unpaired) electrons. The van der Waals surface area contributed by atoms with Crippen LogP contribution in [0, 0.1) is 0 Å². The topological polar surface area (TPSA) is 105 Å². The summed E-state index contributed by atoms with van der Waals surface area (Å²) in [4.78, 5) is 16.6. The molecule has 2 unspecified atom stereocenters. The van der Waals surface area contributed by atoms with E-state index in [4.69, 9.17) is 9.47 Å². The van der Waals surface area contributed by atoms with Gasteiger partial charge in [-0.15, -0.1) is 24.8 Å². The van der Waals surface area contributed by atoms with Crippen molar-refractivity contribution in [3.8, 4) is 0 Å². The van der Waals surface area contributed by atoms with Crippen molar-refractivity contribution >= 4 is 31.0 Å². The van der Waals surface area contributed by atoms with Gasteiger partial charge in [-0.1, -0.05) is 27.7 Å². The highest BCUT2D eigenvalue weighted by molar-refractivity contribution is 5.85. The minimum Gasteiger partial charge on any atom is -0.431 e. The maximum atomic E-state index is 11.8. The van der Waals surface area contributed by atoms with Crippen molar-refractivity contribution in [2.24, 2.45) is 0 Å². The fourth-order valence-electron chi connectivity index (χ4n) is 2.76. The first kappa shape index (κ1) is 38.3. The molecule has 0 aliphatic heterocycles. The van der Waals surface area contributed by atoms with E-state index in [1.165, 1.54) is 0 Å². The molecule has 0 amide bonds. The third-order valence-corrected chi connectivity index (χ3v) is 4.55. The molecular weight excluding hydrogens is 407 g/mol. The van der Waals surface area contributed by atoms with Gasteiger partial charge in [0.05, 0.1) is 0 Å². The number of hydrogen-bond acceptors (Lipinski definition) is 5.